The third kappa shape index (κ3) is 1.35. The summed E-state index contributed by atoms with van der Waals surface area (Å²) in [5, 5.41) is 0.678. The molecule has 1 heterocycles. The zero-order valence-electron chi connectivity index (χ0n) is 9.43. The molecule has 1 aromatic carbocycles. The Morgan fingerprint density at radius 1 is 1.12 bits per heavy atom. The third-order valence-electron chi connectivity index (χ3n) is 3.23. The second-order valence-corrected chi connectivity index (χ2v) is 4.25. The van der Waals surface area contributed by atoms with Crippen LogP contribution in [0.15, 0.2) is 35.1 Å². The van der Waals surface area contributed by atoms with Gasteiger partial charge in [-0.3, -0.25) is 9.59 Å². The number of rotatable bonds is 0. The number of hydrogen-bond acceptors (Lipinski definition) is 2. The molecule has 3 rings (SSSR count). The van der Waals surface area contributed by atoms with Crippen LogP contribution in [0.3, 0.4) is 0 Å². The minimum atomic E-state index is -0.0219. The van der Waals surface area contributed by atoms with Gasteiger partial charge in [0.25, 0.3) is 0 Å². The number of pyridine rings is 1. The Morgan fingerprint density at radius 2 is 1.88 bits per heavy atom. The number of aromatic nitrogens is 1. The van der Waals surface area contributed by atoms with Crippen LogP contribution in [0.5, 0.6) is 0 Å². The summed E-state index contributed by atoms with van der Waals surface area (Å²) in [7, 11) is 1.92. The lowest BCUT2D eigenvalue weighted by Crippen LogP contribution is -2.22. The molecule has 17 heavy (non-hydrogen) atoms. The molecule has 0 N–H and O–H groups in total. The van der Waals surface area contributed by atoms with E-state index >= 15 is 0 Å². The summed E-state index contributed by atoms with van der Waals surface area (Å²) in [6, 6.07) is 7.48. The lowest BCUT2D eigenvalue weighted by atomic mass is 9.98. The fourth-order valence-electron chi connectivity index (χ4n) is 2.36. The van der Waals surface area contributed by atoms with E-state index in [1.807, 2.05) is 29.8 Å². The molecule has 1 aromatic heterocycles. The van der Waals surface area contributed by atoms with Crippen molar-refractivity contribution >= 4 is 22.8 Å². The van der Waals surface area contributed by atoms with E-state index in [0.29, 0.717) is 10.9 Å². The SMILES string of the molecule is Cn1c2c(c(=O)c3ccccc31)CC(=O)C=C2. The average molecular weight is 225 g/mol. The van der Waals surface area contributed by atoms with Gasteiger partial charge in [-0.2, -0.15) is 0 Å². The van der Waals surface area contributed by atoms with Crippen molar-refractivity contribution in [2.45, 2.75) is 6.42 Å². The lowest BCUT2D eigenvalue weighted by Gasteiger charge is -2.16. The first-order valence-corrected chi connectivity index (χ1v) is 5.50. The maximum absolute atomic E-state index is 12.3. The van der Waals surface area contributed by atoms with Gasteiger partial charge in [0.1, 0.15) is 0 Å². The van der Waals surface area contributed by atoms with Crippen LogP contribution in [0.4, 0.5) is 0 Å². The van der Waals surface area contributed by atoms with Gasteiger partial charge >= 0.3 is 0 Å². The molecule has 0 fully saturated rings. The van der Waals surface area contributed by atoms with E-state index in [4.69, 9.17) is 0 Å². The highest BCUT2D eigenvalue weighted by molar-refractivity contribution is 5.99. The Hall–Kier alpha value is -2.16. The summed E-state index contributed by atoms with van der Waals surface area (Å²) < 4.78 is 1.97. The molecule has 3 heteroatoms. The molecule has 0 bridgehead atoms. The van der Waals surface area contributed by atoms with Crippen LogP contribution < -0.4 is 5.43 Å². The van der Waals surface area contributed by atoms with Crippen LogP contribution in [-0.4, -0.2) is 10.4 Å². The molecule has 1 aliphatic carbocycles. The van der Waals surface area contributed by atoms with Gasteiger partial charge < -0.3 is 4.57 Å². The first kappa shape index (κ1) is 10.0. The fraction of sp³-hybridized carbons (Fsp3) is 0.143. The predicted octanol–water partition coefficient (Wildman–Crippen LogP) is 1.68. The van der Waals surface area contributed by atoms with Crippen molar-refractivity contribution in [1.82, 2.24) is 4.57 Å². The molecule has 1 aliphatic rings. The number of hydrogen-bond donors (Lipinski definition) is 0. The number of nitrogens with zero attached hydrogens (tertiary/aromatic N) is 1. The van der Waals surface area contributed by atoms with E-state index in [1.54, 1.807) is 12.1 Å². The molecule has 0 amide bonds. The van der Waals surface area contributed by atoms with Crippen molar-refractivity contribution in [2.75, 3.05) is 0 Å². The molecule has 0 aliphatic heterocycles. The minimum absolute atomic E-state index is 0.00937. The Balaban J connectivity index is 2.52. The summed E-state index contributed by atoms with van der Waals surface area (Å²) >= 11 is 0. The molecular weight excluding hydrogens is 214 g/mol. The van der Waals surface area contributed by atoms with Crippen molar-refractivity contribution in [1.29, 1.82) is 0 Å². The van der Waals surface area contributed by atoms with Gasteiger partial charge in [-0.05, 0) is 24.3 Å². The second-order valence-electron chi connectivity index (χ2n) is 4.25. The predicted molar refractivity (Wildman–Crippen MR) is 66.9 cm³/mol. The summed E-state index contributed by atoms with van der Waals surface area (Å²) in [4.78, 5) is 23.7. The average Bonchev–Trinajstić information content (AvgIpc) is 2.36. The van der Waals surface area contributed by atoms with E-state index in [-0.39, 0.29) is 17.6 Å². The van der Waals surface area contributed by atoms with E-state index in [0.717, 1.165) is 11.2 Å². The van der Waals surface area contributed by atoms with Gasteiger partial charge in [-0.1, -0.05) is 12.1 Å². The van der Waals surface area contributed by atoms with E-state index < -0.39 is 0 Å². The van der Waals surface area contributed by atoms with Gasteiger partial charge in [0.2, 0.25) is 0 Å². The van der Waals surface area contributed by atoms with Crippen LogP contribution in [0.1, 0.15) is 11.3 Å². The number of carbonyl (C=O) groups excluding carboxylic acids is 1. The number of allylic oxidation sites excluding steroid dienone is 1. The largest absolute Gasteiger partial charge is 0.344 e. The quantitative estimate of drug-likeness (QED) is 0.684. The summed E-state index contributed by atoms with van der Waals surface area (Å²) in [5.74, 6) is -0.00937. The molecule has 0 radical (unpaired) electrons. The molecule has 0 saturated carbocycles. The van der Waals surface area contributed by atoms with Crippen molar-refractivity contribution in [3.63, 3.8) is 0 Å². The molecule has 0 spiro atoms. The van der Waals surface area contributed by atoms with E-state index in [2.05, 4.69) is 0 Å². The van der Waals surface area contributed by atoms with Crippen LogP contribution in [0.25, 0.3) is 17.0 Å². The monoisotopic (exact) mass is 225 g/mol. The minimum Gasteiger partial charge on any atom is -0.344 e. The number of para-hydroxylation sites is 1. The van der Waals surface area contributed by atoms with Gasteiger partial charge in [0.15, 0.2) is 11.2 Å². The van der Waals surface area contributed by atoms with Crippen molar-refractivity contribution in [3.8, 4) is 0 Å². The molecular formula is C14H11NO2. The molecule has 0 atom stereocenters. The topological polar surface area (TPSA) is 39.1 Å². The van der Waals surface area contributed by atoms with E-state index in [9.17, 15) is 9.59 Å². The number of carbonyl (C=O) groups is 1. The number of benzene rings is 1. The fourth-order valence-corrected chi connectivity index (χ4v) is 2.36. The first-order valence-electron chi connectivity index (χ1n) is 5.50. The van der Waals surface area contributed by atoms with Crippen LogP contribution in [-0.2, 0) is 18.3 Å². The molecule has 3 nitrogen and oxygen atoms in total. The normalized spacial score (nSPS) is 14.1. The standard InChI is InChI=1S/C14H11NO2/c1-15-12-5-3-2-4-10(12)14(17)11-8-9(16)6-7-13(11)15/h2-7H,8H2,1H3. The van der Waals surface area contributed by atoms with Crippen molar-refractivity contribution in [2.24, 2.45) is 7.05 Å². The highest BCUT2D eigenvalue weighted by atomic mass is 16.1. The first-order chi connectivity index (χ1) is 8.18. The molecule has 2 aromatic rings. The number of ketones is 1. The van der Waals surface area contributed by atoms with Gasteiger partial charge in [-0.25, -0.2) is 0 Å². The number of aryl methyl sites for hydroxylation is 1. The van der Waals surface area contributed by atoms with Crippen LogP contribution in [0, 0.1) is 0 Å². The Bertz CT molecular complexity index is 723. The molecule has 0 unspecified atom stereocenters. The number of fused-ring (bicyclic) bond motifs is 2. The van der Waals surface area contributed by atoms with Crippen LogP contribution in [0.2, 0.25) is 0 Å². The zero-order chi connectivity index (χ0) is 12.0. The molecule has 84 valence electrons. The maximum Gasteiger partial charge on any atom is 0.193 e. The smallest absolute Gasteiger partial charge is 0.193 e. The van der Waals surface area contributed by atoms with Crippen molar-refractivity contribution in [3.05, 3.63) is 51.8 Å². The summed E-state index contributed by atoms with van der Waals surface area (Å²) in [6.07, 6.45) is 3.48. The third-order valence-corrected chi connectivity index (χ3v) is 3.23. The molecule has 0 saturated heterocycles. The summed E-state index contributed by atoms with van der Waals surface area (Å²) in [5.41, 5.74) is 2.33. The van der Waals surface area contributed by atoms with Gasteiger partial charge in [-0.15, -0.1) is 0 Å². The van der Waals surface area contributed by atoms with Gasteiger partial charge in [0.05, 0.1) is 5.52 Å². The Labute approximate surface area is 98.0 Å². The van der Waals surface area contributed by atoms with E-state index in [1.165, 1.54) is 6.08 Å². The highest BCUT2D eigenvalue weighted by Crippen LogP contribution is 2.19. The summed E-state index contributed by atoms with van der Waals surface area (Å²) in [6.45, 7) is 0. The zero-order valence-corrected chi connectivity index (χ0v) is 9.43. The van der Waals surface area contributed by atoms with Crippen molar-refractivity contribution < 1.29 is 4.79 Å². The van der Waals surface area contributed by atoms with Gasteiger partial charge in [0, 0.05) is 30.1 Å². The Kier molecular flexibility index (Phi) is 2.01. The maximum atomic E-state index is 12.3. The Morgan fingerprint density at radius 3 is 2.71 bits per heavy atom. The lowest BCUT2D eigenvalue weighted by molar-refractivity contribution is -0.114. The van der Waals surface area contributed by atoms with Crippen LogP contribution >= 0.6 is 0 Å². The second kappa shape index (κ2) is 3.42. The highest BCUT2D eigenvalue weighted by Gasteiger charge is 2.18.